The lowest BCUT2D eigenvalue weighted by Crippen LogP contribution is -2.30. The van der Waals surface area contributed by atoms with Crippen molar-refractivity contribution in [2.45, 2.75) is 264 Å². The number of carbonyl (C=O) groups excluding carboxylic acids is 3. The van der Waals surface area contributed by atoms with Gasteiger partial charge in [-0.1, -0.05) is 262 Å². The van der Waals surface area contributed by atoms with Crippen LogP contribution in [0.3, 0.4) is 0 Å². The Morgan fingerprint density at radius 3 is 0.762 bits per heavy atom. The molecule has 0 radical (unpaired) electrons. The number of hydrogen-bond acceptors (Lipinski definition) is 6. The first kappa shape index (κ1) is 74.8. The smallest absolute Gasteiger partial charge is 0.306 e. The molecule has 0 saturated heterocycles. The minimum absolute atomic E-state index is 0.108. The number of rotatable bonds is 56. The molecule has 0 fully saturated rings. The molecule has 0 aliphatic heterocycles. The lowest BCUT2D eigenvalue weighted by atomic mass is 10.1. The van der Waals surface area contributed by atoms with Gasteiger partial charge in [-0.3, -0.25) is 14.4 Å². The second kappa shape index (κ2) is 66.3. The van der Waals surface area contributed by atoms with E-state index in [0.717, 1.165) is 199 Å². The van der Waals surface area contributed by atoms with Crippen LogP contribution in [0.1, 0.15) is 258 Å². The number of unbranched alkanes of at least 4 members (excludes halogenated alkanes) is 17. The average Bonchev–Trinajstić information content (AvgIpc) is 3.46. The largest absolute Gasteiger partial charge is 0.462 e. The van der Waals surface area contributed by atoms with Gasteiger partial charge in [0.25, 0.3) is 0 Å². The molecular weight excluding hydrogens is 985 g/mol. The maximum atomic E-state index is 12.9. The highest BCUT2D eigenvalue weighted by Gasteiger charge is 2.19. The predicted octanol–water partition coefficient (Wildman–Crippen LogP) is 22.3. The highest BCUT2D eigenvalue weighted by atomic mass is 16.6. The van der Waals surface area contributed by atoms with Crippen LogP contribution in [0.5, 0.6) is 0 Å². The van der Waals surface area contributed by atoms with E-state index in [1.165, 1.54) is 19.3 Å². The topological polar surface area (TPSA) is 78.9 Å². The van der Waals surface area contributed by atoms with Gasteiger partial charge in [0.15, 0.2) is 6.10 Å². The van der Waals surface area contributed by atoms with E-state index in [1.54, 1.807) is 0 Å². The van der Waals surface area contributed by atoms with E-state index in [9.17, 15) is 14.4 Å². The summed E-state index contributed by atoms with van der Waals surface area (Å²) in [6.45, 7) is 6.32. The molecule has 0 aromatic carbocycles. The van der Waals surface area contributed by atoms with Gasteiger partial charge in [0.2, 0.25) is 0 Å². The Morgan fingerprint density at radius 2 is 0.487 bits per heavy atom. The highest BCUT2D eigenvalue weighted by Crippen LogP contribution is 2.13. The molecule has 0 aromatic rings. The highest BCUT2D eigenvalue weighted by molar-refractivity contribution is 5.71. The summed E-state index contributed by atoms with van der Waals surface area (Å²) >= 11 is 0. The van der Waals surface area contributed by atoms with Crippen molar-refractivity contribution in [3.8, 4) is 0 Å². The van der Waals surface area contributed by atoms with Crippen LogP contribution < -0.4 is 0 Å². The van der Waals surface area contributed by atoms with Crippen LogP contribution in [0.15, 0.2) is 170 Å². The molecule has 1 atom stereocenters. The van der Waals surface area contributed by atoms with Crippen molar-refractivity contribution < 1.29 is 28.6 Å². The van der Waals surface area contributed by atoms with Crippen molar-refractivity contribution in [3.05, 3.63) is 170 Å². The summed E-state index contributed by atoms with van der Waals surface area (Å²) in [7, 11) is 0. The van der Waals surface area contributed by atoms with Gasteiger partial charge < -0.3 is 14.2 Å². The molecular formula is C74H116O6. The monoisotopic (exact) mass is 1100 g/mol. The van der Waals surface area contributed by atoms with Crippen molar-refractivity contribution in [3.63, 3.8) is 0 Å². The molecule has 6 heteroatoms. The molecule has 0 N–H and O–H groups in total. The third-order valence-corrected chi connectivity index (χ3v) is 12.9. The zero-order valence-corrected chi connectivity index (χ0v) is 51.3. The third kappa shape index (κ3) is 63.6. The Morgan fingerprint density at radius 1 is 0.263 bits per heavy atom. The van der Waals surface area contributed by atoms with Crippen LogP contribution in [-0.4, -0.2) is 37.2 Å². The average molecular weight is 1100 g/mol. The number of allylic oxidation sites excluding steroid dienone is 28. The van der Waals surface area contributed by atoms with Gasteiger partial charge in [0.05, 0.1) is 0 Å². The van der Waals surface area contributed by atoms with Crippen LogP contribution in [0.25, 0.3) is 0 Å². The summed E-state index contributed by atoms with van der Waals surface area (Å²) in [5.74, 6) is -0.964. The number of esters is 3. The lowest BCUT2D eigenvalue weighted by Gasteiger charge is -2.18. The van der Waals surface area contributed by atoms with Gasteiger partial charge >= 0.3 is 17.9 Å². The molecule has 0 aromatic heterocycles. The Balaban J connectivity index is 4.48. The van der Waals surface area contributed by atoms with Gasteiger partial charge in [-0.05, 0) is 148 Å². The second-order valence-electron chi connectivity index (χ2n) is 20.5. The zero-order valence-electron chi connectivity index (χ0n) is 51.3. The predicted molar refractivity (Wildman–Crippen MR) is 348 cm³/mol. The maximum Gasteiger partial charge on any atom is 0.306 e. The van der Waals surface area contributed by atoms with Crippen LogP contribution >= 0.6 is 0 Å². The Labute approximate surface area is 492 Å². The van der Waals surface area contributed by atoms with Gasteiger partial charge in [-0.25, -0.2) is 0 Å². The van der Waals surface area contributed by atoms with E-state index in [1.807, 2.05) is 0 Å². The molecule has 0 aliphatic rings. The maximum absolute atomic E-state index is 12.9. The third-order valence-electron chi connectivity index (χ3n) is 12.9. The summed E-state index contributed by atoms with van der Waals surface area (Å²) in [5.41, 5.74) is 0. The summed E-state index contributed by atoms with van der Waals surface area (Å²) < 4.78 is 16.9. The Kier molecular flexibility index (Phi) is 61.9. The van der Waals surface area contributed by atoms with E-state index >= 15 is 0 Å². The van der Waals surface area contributed by atoms with Crippen LogP contribution in [0, 0.1) is 0 Å². The summed E-state index contributed by atoms with van der Waals surface area (Å²) in [5, 5.41) is 0. The fraction of sp³-hybridized carbons (Fsp3) is 0.581. The van der Waals surface area contributed by atoms with Crippen molar-refractivity contribution in [1.29, 1.82) is 0 Å². The van der Waals surface area contributed by atoms with E-state index in [2.05, 4.69) is 191 Å². The lowest BCUT2D eigenvalue weighted by molar-refractivity contribution is -0.167. The fourth-order valence-electron chi connectivity index (χ4n) is 8.17. The van der Waals surface area contributed by atoms with Crippen molar-refractivity contribution in [1.82, 2.24) is 0 Å². The minimum atomic E-state index is -0.814. The van der Waals surface area contributed by atoms with Crippen LogP contribution in [0.4, 0.5) is 0 Å². The molecule has 0 rings (SSSR count). The summed E-state index contributed by atoms with van der Waals surface area (Å²) in [4.78, 5) is 38.3. The molecule has 0 aliphatic carbocycles. The quantitative estimate of drug-likeness (QED) is 0.0261. The van der Waals surface area contributed by atoms with E-state index < -0.39 is 6.10 Å². The number of ether oxygens (including phenoxy) is 3. The molecule has 0 saturated carbocycles. The van der Waals surface area contributed by atoms with Gasteiger partial charge in [0, 0.05) is 19.3 Å². The Hall–Kier alpha value is -5.23. The second-order valence-corrected chi connectivity index (χ2v) is 20.5. The van der Waals surface area contributed by atoms with E-state index in [4.69, 9.17) is 14.2 Å². The first-order chi connectivity index (χ1) is 39.5. The van der Waals surface area contributed by atoms with E-state index in [0.29, 0.717) is 12.8 Å². The number of hydrogen-bond donors (Lipinski definition) is 0. The van der Waals surface area contributed by atoms with Gasteiger partial charge in [-0.2, -0.15) is 0 Å². The molecule has 6 nitrogen and oxygen atoms in total. The van der Waals surface area contributed by atoms with Gasteiger partial charge in [-0.15, -0.1) is 0 Å². The Bertz CT molecular complexity index is 1840. The van der Waals surface area contributed by atoms with E-state index in [-0.39, 0.29) is 37.5 Å². The van der Waals surface area contributed by atoms with Crippen LogP contribution in [0.2, 0.25) is 0 Å². The first-order valence-corrected chi connectivity index (χ1v) is 32.1. The molecule has 0 bridgehead atoms. The zero-order chi connectivity index (χ0) is 57.8. The minimum Gasteiger partial charge on any atom is -0.462 e. The molecule has 448 valence electrons. The van der Waals surface area contributed by atoms with Crippen molar-refractivity contribution in [2.24, 2.45) is 0 Å². The summed E-state index contributed by atoms with van der Waals surface area (Å²) in [6.07, 6.45) is 97.8. The van der Waals surface area contributed by atoms with Gasteiger partial charge in [0.1, 0.15) is 13.2 Å². The summed E-state index contributed by atoms with van der Waals surface area (Å²) in [6, 6.07) is 0. The number of carbonyl (C=O) groups is 3. The fourth-order valence-corrected chi connectivity index (χ4v) is 8.17. The molecule has 0 heterocycles. The molecule has 0 spiro atoms. The first-order valence-electron chi connectivity index (χ1n) is 32.1. The standard InChI is InChI=1S/C74H116O6/c1-4-7-10-13-16-19-22-25-28-30-32-34-35-36-37-38-39-41-42-44-46-49-52-55-58-61-64-67-73(76)79-70-71(69-78-72(75)66-63-60-57-54-51-48-27-24-21-18-15-12-9-6-3)80-74(77)68-65-62-59-56-53-50-47-45-43-40-33-31-29-26-23-20-17-14-11-8-5-2/h7-8,10-11,15-20,24-29,32-34,36-37,39-41,44-47,71H,4-6,9,12-14,21-23,30-31,35,38,42-43,48-70H2,1-3H3/b10-7-,11-8-,18-15-,19-16-,20-17-,27-24-,28-25-,29-26-,34-32-,37-36-,40-33-,41-39-,46-44-,47-45-. The molecule has 1 unspecified atom stereocenters. The molecule has 80 heavy (non-hydrogen) atoms. The van der Waals surface area contributed by atoms with Crippen molar-refractivity contribution in [2.75, 3.05) is 13.2 Å². The molecule has 0 amide bonds. The SMILES string of the molecule is CC/C=C\C/C=C\C/C=C\C/C=C\C/C=C\C/C=C\C/C=C\CCCCCCCC(=O)OCC(COC(=O)CCCCCCC/C=C\C/C=C\CCCC)OC(=O)CCCCCCC/C=C\C/C=C\C/C=C\C/C=C\C/C=C\CC. The van der Waals surface area contributed by atoms with Crippen molar-refractivity contribution >= 4 is 17.9 Å². The van der Waals surface area contributed by atoms with Crippen LogP contribution in [-0.2, 0) is 28.6 Å². The normalized spacial score (nSPS) is 13.3.